The van der Waals surface area contributed by atoms with Crippen molar-refractivity contribution in [2.24, 2.45) is 0 Å². The van der Waals surface area contributed by atoms with E-state index in [9.17, 15) is 0 Å². The number of aryl methyl sites for hydroxylation is 2. The van der Waals surface area contributed by atoms with Gasteiger partial charge in [0.15, 0.2) is 0 Å². The van der Waals surface area contributed by atoms with Crippen molar-refractivity contribution in [3.63, 3.8) is 0 Å². The molecule has 1 aliphatic carbocycles. The number of hydrogen-bond donors (Lipinski definition) is 1. The molecule has 1 nitrogen and oxygen atoms in total. The number of hydrogen-bond acceptors (Lipinski definition) is 1. The van der Waals surface area contributed by atoms with Crippen LogP contribution >= 0.6 is 11.6 Å². The average Bonchev–Trinajstić information content (AvgIpc) is 2.65. The monoisotopic (exact) mass is 209 g/mol. The Morgan fingerprint density at radius 2 is 2.07 bits per heavy atom. The van der Waals surface area contributed by atoms with Gasteiger partial charge in [0, 0.05) is 19.0 Å². The van der Waals surface area contributed by atoms with Crippen LogP contribution in [0.2, 0.25) is 0 Å². The number of benzene rings is 1. The van der Waals surface area contributed by atoms with E-state index in [1.54, 1.807) is 11.1 Å². The van der Waals surface area contributed by atoms with Crippen molar-refractivity contribution in [2.45, 2.75) is 25.8 Å². The van der Waals surface area contributed by atoms with Gasteiger partial charge in [0.2, 0.25) is 0 Å². The zero-order valence-corrected chi connectivity index (χ0v) is 9.11. The lowest BCUT2D eigenvalue weighted by Crippen LogP contribution is -2.15. The summed E-state index contributed by atoms with van der Waals surface area (Å²) in [6, 6.07) is 6.84. The summed E-state index contributed by atoms with van der Waals surface area (Å²) >= 11 is 5.60. The highest BCUT2D eigenvalue weighted by Gasteiger charge is 2.10. The molecule has 0 saturated carbocycles. The van der Waals surface area contributed by atoms with Crippen LogP contribution in [0, 0.1) is 0 Å². The maximum absolute atomic E-state index is 5.60. The predicted molar refractivity (Wildman–Crippen MR) is 60.9 cm³/mol. The van der Waals surface area contributed by atoms with Crippen molar-refractivity contribution in [2.75, 3.05) is 12.4 Å². The summed E-state index contributed by atoms with van der Waals surface area (Å²) in [4.78, 5) is 0. The summed E-state index contributed by atoms with van der Waals surface area (Å²) in [5, 5.41) is 3.31. The molecule has 1 aliphatic rings. The van der Waals surface area contributed by atoms with Gasteiger partial charge in [0.25, 0.3) is 0 Å². The lowest BCUT2D eigenvalue weighted by Gasteiger charge is -2.05. The van der Waals surface area contributed by atoms with Crippen molar-refractivity contribution in [1.82, 2.24) is 5.32 Å². The van der Waals surface area contributed by atoms with Crippen molar-refractivity contribution >= 4 is 11.6 Å². The van der Waals surface area contributed by atoms with Crippen LogP contribution in [-0.4, -0.2) is 12.4 Å². The molecule has 1 aromatic carbocycles. The molecule has 0 heterocycles. The molecule has 76 valence electrons. The fourth-order valence-corrected chi connectivity index (χ4v) is 2.17. The lowest BCUT2D eigenvalue weighted by atomic mass is 10.1. The summed E-state index contributed by atoms with van der Waals surface area (Å²) in [5.41, 5.74) is 4.48. The highest BCUT2D eigenvalue weighted by atomic mass is 35.5. The van der Waals surface area contributed by atoms with Gasteiger partial charge in [-0.05, 0) is 36.0 Å². The standard InChI is InChI=1S/C12H16ClN/c13-6-7-14-9-10-4-5-11-2-1-3-12(11)8-10/h4-5,8,14H,1-3,6-7,9H2. The molecular formula is C12H16ClN. The summed E-state index contributed by atoms with van der Waals surface area (Å²) in [6.07, 6.45) is 3.86. The molecule has 0 bridgehead atoms. The minimum atomic E-state index is 0.685. The van der Waals surface area contributed by atoms with Crippen molar-refractivity contribution in [3.05, 3.63) is 34.9 Å². The predicted octanol–water partition coefficient (Wildman–Crippen LogP) is 2.50. The van der Waals surface area contributed by atoms with Gasteiger partial charge in [0.1, 0.15) is 0 Å². The minimum absolute atomic E-state index is 0.685. The first-order valence-electron chi connectivity index (χ1n) is 5.27. The second-order valence-electron chi connectivity index (χ2n) is 3.82. The van der Waals surface area contributed by atoms with Gasteiger partial charge < -0.3 is 5.32 Å². The van der Waals surface area contributed by atoms with E-state index in [-0.39, 0.29) is 0 Å². The smallest absolute Gasteiger partial charge is 0.0348 e. The van der Waals surface area contributed by atoms with Gasteiger partial charge in [-0.3, -0.25) is 0 Å². The first-order valence-corrected chi connectivity index (χ1v) is 5.81. The third-order valence-corrected chi connectivity index (χ3v) is 2.95. The van der Waals surface area contributed by atoms with Gasteiger partial charge in [-0.15, -0.1) is 11.6 Å². The Hall–Kier alpha value is -0.530. The maximum atomic E-state index is 5.60. The average molecular weight is 210 g/mol. The van der Waals surface area contributed by atoms with Gasteiger partial charge in [-0.2, -0.15) is 0 Å². The molecule has 0 atom stereocenters. The van der Waals surface area contributed by atoms with Gasteiger partial charge in [-0.1, -0.05) is 18.2 Å². The van der Waals surface area contributed by atoms with Crippen LogP contribution in [0.3, 0.4) is 0 Å². The lowest BCUT2D eigenvalue weighted by molar-refractivity contribution is 0.729. The Morgan fingerprint density at radius 3 is 2.93 bits per heavy atom. The molecule has 0 radical (unpaired) electrons. The Kier molecular flexibility index (Phi) is 3.44. The zero-order valence-electron chi connectivity index (χ0n) is 8.35. The molecule has 2 heteroatoms. The summed E-state index contributed by atoms with van der Waals surface area (Å²) in [6.45, 7) is 1.83. The second-order valence-corrected chi connectivity index (χ2v) is 4.20. The second kappa shape index (κ2) is 4.81. The molecule has 0 aromatic heterocycles. The normalized spacial score (nSPS) is 14.4. The number of nitrogens with one attached hydrogen (secondary N) is 1. The topological polar surface area (TPSA) is 12.0 Å². The Morgan fingerprint density at radius 1 is 1.21 bits per heavy atom. The SMILES string of the molecule is ClCCNCc1ccc2c(c1)CCC2. The van der Waals surface area contributed by atoms with E-state index in [2.05, 4.69) is 23.5 Å². The molecule has 2 rings (SSSR count). The number of halogens is 1. The minimum Gasteiger partial charge on any atom is -0.311 e. The third kappa shape index (κ3) is 2.28. The largest absolute Gasteiger partial charge is 0.311 e. The van der Waals surface area contributed by atoms with E-state index < -0.39 is 0 Å². The van der Waals surface area contributed by atoms with E-state index in [0.29, 0.717) is 5.88 Å². The Labute approximate surface area is 90.5 Å². The van der Waals surface area contributed by atoms with Crippen molar-refractivity contribution in [3.8, 4) is 0 Å². The molecule has 0 amide bonds. The number of alkyl halides is 1. The van der Waals surface area contributed by atoms with Gasteiger partial charge >= 0.3 is 0 Å². The molecule has 14 heavy (non-hydrogen) atoms. The molecule has 0 saturated heterocycles. The molecule has 1 aromatic rings. The summed E-state index contributed by atoms with van der Waals surface area (Å²) < 4.78 is 0. The van der Waals surface area contributed by atoms with E-state index in [0.717, 1.165) is 13.1 Å². The van der Waals surface area contributed by atoms with Gasteiger partial charge in [-0.25, -0.2) is 0 Å². The quantitative estimate of drug-likeness (QED) is 0.594. The van der Waals surface area contributed by atoms with Crippen LogP contribution in [0.15, 0.2) is 18.2 Å². The first-order chi connectivity index (χ1) is 6.90. The first kappa shape index (κ1) is 10.0. The van der Waals surface area contributed by atoms with E-state index in [1.807, 2.05) is 0 Å². The van der Waals surface area contributed by atoms with E-state index >= 15 is 0 Å². The molecule has 0 fully saturated rings. The molecular weight excluding hydrogens is 194 g/mol. The fraction of sp³-hybridized carbons (Fsp3) is 0.500. The number of fused-ring (bicyclic) bond motifs is 1. The summed E-state index contributed by atoms with van der Waals surface area (Å²) in [7, 11) is 0. The van der Waals surface area contributed by atoms with Gasteiger partial charge in [0.05, 0.1) is 0 Å². The Bertz CT molecular complexity index is 309. The molecule has 0 aliphatic heterocycles. The van der Waals surface area contributed by atoms with Crippen molar-refractivity contribution < 1.29 is 0 Å². The van der Waals surface area contributed by atoms with Crippen LogP contribution in [0.5, 0.6) is 0 Å². The third-order valence-electron chi connectivity index (χ3n) is 2.76. The van der Waals surface area contributed by atoms with Crippen LogP contribution in [0.4, 0.5) is 0 Å². The fourth-order valence-electron chi connectivity index (χ4n) is 2.03. The van der Waals surface area contributed by atoms with Crippen LogP contribution in [0.25, 0.3) is 0 Å². The Balaban J connectivity index is 1.98. The zero-order chi connectivity index (χ0) is 9.80. The highest BCUT2D eigenvalue weighted by molar-refractivity contribution is 6.18. The maximum Gasteiger partial charge on any atom is 0.0348 e. The summed E-state index contributed by atoms with van der Waals surface area (Å²) in [5.74, 6) is 0.685. The molecule has 0 spiro atoms. The van der Waals surface area contributed by atoms with Crippen LogP contribution in [0.1, 0.15) is 23.1 Å². The van der Waals surface area contributed by atoms with Crippen LogP contribution < -0.4 is 5.32 Å². The highest BCUT2D eigenvalue weighted by Crippen LogP contribution is 2.22. The van der Waals surface area contributed by atoms with E-state index in [1.165, 1.54) is 24.8 Å². The molecule has 1 N–H and O–H groups in total. The van der Waals surface area contributed by atoms with Crippen molar-refractivity contribution in [1.29, 1.82) is 0 Å². The molecule has 0 unspecified atom stereocenters. The number of rotatable bonds is 4. The van der Waals surface area contributed by atoms with E-state index in [4.69, 9.17) is 11.6 Å². The van der Waals surface area contributed by atoms with Crippen LogP contribution in [-0.2, 0) is 19.4 Å².